The van der Waals surface area contributed by atoms with Crippen molar-refractivity contribution in [3.05, 3.63) is 130 Å². The molecule has 0 spiro atoms. The summed E-state index contributed by atoms with van der Waals surface area (Å²) in [7, 11) is 0. The maximum atomic E-state index is 13.3. The van der Waals surface area contributed by atoms with E-state index in [2.05, 4.69) is 5.32 Å². The molecule has 2 unspecified atom stereocenters. The van der Waals surface area contributed by atoms with Crippen LogP contribution in [-0.4, -0.2) is 69.6 Å². The third-order valence-electron chi connectivity index (χ3n) is 10.9. The molecule has 1 aliphatic heterocycles. The molecule has 1 amide bonds. The largest absolute Gasteiger partial charge is 0.494 e. The number of benzene rings is 4. The second kappa shape index (κ2) is 18.7. The molecule has 338 valence electrons. The average molecular weight is 903 g/mol. The van der Waals surface area contributed by atoms with Gasteiger partial charge >= 0.3 is 30.0 Å². The van der Waals surface area contributed by atoms with Gasteiger partial charge in [-0.15, -0.1) is 0 Å². The maximum Gasteiger partial charge on any atom is 0.453 e. The Morgan fingerprint density at radius 2 is 1.49 bits per heavy atom. The molecule has 1 saturated heterocycles. The number of hydrogen-bond donors (Lipinski definition) is 3. The molecule has 2 aliphatic rings. The minimum atomic E-state index is -5.64. The summed E-state index contributed by atoms with van der Waals surface area (Å²) < 4.78 is 85.8. The maximum absolute atomic E-state index is 13.3. The zero-order valence-electron chi connectivity index (χ0n) is 34.3. The molecular weight excluding hydrogens is 864 g/mol. The van der Waals surface area contributed by atoms with Gasteiger partial charge in [0.05, 0.1) is 23.4 Å². The summed E-state index contributed by atoms with van der Waals surface area (Å²) in [5.74, 6) is -9.18. The molecule has 1 fully saturated rings. The van der Waals surface area contributed by atoms with Crippen molar-refractivity contribution in [3.8, 4) is 40.1 Å². The van der Waals surface area contributed by atoms with E-state index in [9.17, 15) is 56.1 Å². The Kier molecular flexibility index (Phi) is 13.1. The number of carbonyl (C=O) groups excluding carboxylic acids is 5. The fraction of sp³-hybridized carbons (Fsp3) is 0.255. The number of fused-ring (bicyclic) bond motifs is 3. The number of rotatable bonds is 15. The molecule has 1 aromatic heterocycles. The molecule has 2 atom stereocenters. The molecule has 5 aromatic rings. The van der Waals surface area contributed by atoms with Crippen LogP contribution in [0.3, 0.4) is 0 Å². The van der Waals surface area contributed by atoms with E-state index in [0.717, 1.165) is 4.57 Å². The highest BCUT2D eigenvalue weighted by molar-refractivity contribution is 6.08. The van der Waals surface area contributed by atoms with E-state index in [1.165, 1.54) is 55.5 Å². The van der Waals surface area contributed by atoms with Crippen molar-refractivity contribution < 1.29 is 75.1 Å². The van der Waals surface area contributed by atoms with Crippen LogP contribution in [0, 0.1) is 5.92 Å². The quantitative estimate of drug-likeness (QED) is 0.0302. The van der Waals surface area contributed by atoms with Gasteiger partial charge in [0.15, 0.2) is 5.78 Å². The standard InChI is InChI=1S/C47H39F5N2O11/c1-26(55)63-25-30-21-31(54-43(59)40-36-22-38(56)53-23-37(36)42(58)41(40)44(54)60)12-17-35(30)34-6-3-2-5-29(34)24-64-39(57)18-9-27-7-13-33(14-8-27)65-45(61)28-10-15-32(16-11-28)62-20-4-19-46(48,49)47(50,51)52/h2-3,5-18,21,36-37,59-60H,4,19-20,22-25H2,1H3,(H,53,56). The van der Waals surface area contributed by atoms with Gasteiger partial charge in [-0.05, 0) is 88.8 Å². The zero-order chi connectivity index (χ0) is 46.6. The lowest BCUT2D eigenvalue weighted by molar-refractivity contribution is -0.284. The number of halogens is 5. The van der Waals surface area contributed by atoms with Crippen LogP contribution < -0.4 is 14.8 Å². The van der Waals surface area contributed by atoms with Crippen molar-refractivity contribution in [2.24, 2.45) is 5.92 Å². The van der Waals surface area contributed by atoms with Crippen molar-refractivity contribution in [3.63, 3.8) is 0 Å². The first-order valence-corrected chi connectivity index (χ1v) is 20.1. The highest BCUT2D eigenvalue weighted by atomic mass is 19.4. The molecule has 18 heteroatoms. The summed E-state index contributed by atoms with van der Waals surface area (Å²) in [6, 6.07) is 23.4. The Morgan fingerprint density at radius 1 is 0.815 bits per heavy atom. The summed E-state index contributed by atoms with van der Waals surface area (Å²) in [5.41, 5.74) is 3.34. The van der Waals surface area contributed by atoms with Crippen LogP contribution in [0.2, 0.25) is 0 Å². The first-order chi connectivity index (χ1) is 30.9. The molecule has 4 aromatic carbocycles. The van der Waals surface area contributed by atoms with Crippen molar-refractivity contribution >= 4 is 35.7 Å². The average Bonchev–Trinajstić information content (AvgIpc) is 3.71. The summed E-state index contributed by atoms with van der Waals surface area (Å²) in [6.07, 6.45) is -4.94. The van der Waals surface area contributed by atoms with Crippen molar-refractivity contribution in [2.45, 2.75) is 57.4 Å². The smallest absolute Gasteiger partial charge is 0.453 e. The predicted octanol–water partition coefficient (Wildman–Crippen LogP) is 8.37. The number of ether oxygens (including phenoxy) is 4. The Bertz CT molecular complexity index is 2670. The van der Waals surface area contributed by atoms with Crippen LogP contribution in [0.4, 0.5) is 22.0 Å². The van der Waals surface area contributed by atoms with Gasteiger partial charge in [0.1, 0.15) is 24.7 Å². The van der Waals surface area contributed by atoms with Crippen LogP contribution in [-0.2, 0) is 37.1 Å². The second-order valence-corrected chi connectivity index (χ2v) is 15.2. The van der Waals surface area contributed by atoms with Crippen LogP contribution in [0.1, 0.15) is 75.1 Å². The minimum Gasteiger partial charge on any atom is -0.494 e. The fourth-order valence-electron chi connectivity index (χ4n) is 7.62. The van der Waals surface area contributed by atoms with E-state index in [4.69, 9.17) is 18.9 Å². The topological polar surface area (TPSA) is 180 Å². The number of esters is 3. The SMILES string of the molecule is CC(=O)OCc1cc(-n2c(O)c3c(c2O)C2CC(=O)NCC2C3=O)ccc1-c1ccccc1COC(=O)C=Cc1ccc(OC(=O)c2ccc(OCCCC(F)(F)C(F)(F)F)cc2)cc1. The van der Waals surface area contributed by atoms with Crippen LogP contribution in [0.25, 0.3) is 22.9 Å². The van der Waals surface area contributed by atoms with Crippen molar-refractivity contribution in [2.75, 3.05) is 13.2 Å². The van der Waals surface area contributed by atoms with Crippen molar-refractivity contribution in [1.29, 1.82) is 0 Å². The number of nitrogens with one attached hydrogen (secondary N) is 1. The Balaban J connectivity index is 0.970. The number of aromatic hydroxyl groups is 2. The second-order valence-electron chi connectivity index (χ2n) is 15.2. The number of alkyl halides is 5. The molecule has 0 bridgehead atoms. The summed E-state index contributed by atoms with van der Waals surface area (Å²) in [5, 5.41) is 25.3. The molecule has 65 heavy (non-hydrogen) atoms. The van der Waals surface area contributed by atoms with Crippen LogP contribution in [0.15, 0.2) is 97.1 Å². The van der Waals surface area contributed by atoms with Gasteiger partial charge in [0.2, 0.25) is 17.7 Å². The predicted molar refractivity (Wildman–Crippen MR) is 221 cm³/mol. The van der Waals surface area contributed by atoms with Gasteiger partial charge in [-0.1, -0.05) is 42.5 Å². The lowest BCUT2D eigenvalue weighted by Gasteiger charge is -2.25. The lowest BCUT2D eigenvalue weighted by atomic mass is 9.86. The third kappa shape index (κ3) is 10.0. The molecule has 3 N–H and O–H groups in total. The Morgan fingerprint density at radius 3 is 2.20 bits per heavy atom. The third-order valence-corrected chi connectivity index (χ3v) is 10.9. The van der Waals surface area contributed by atoms with Gasteiger partial charge in [-0.3, -0.25) is 19.0 Å². The zero-order valence-corrected chi connectivity index (χ0v) is 34.3. The van der Waals surface area contributed by atoms with E-state index in [-0.39, 0.29) is 77.6 Å². The summed E-state index contributed by atoms with van der Waals surface area (Å²) in [6.45, 7) is 0.574. The van der Waals surface area contributed by atoms with Gasteiger partial charge in [0, 0.05) is 49.8 Å². The molecule has 0 saturated carbocycles. The number of aromatic nitrogens is 1. The highest BCUT2D eigenvalue weighted by Crippen LogP contribution is 2.52. The molecule has 0 radical (unpaired) electrons. The molecule has 1 aliphatic carbocycles. The number of carbonyl (C=O) groups is 5. The van der Waals surface area contributed by atoms with E-state index in [1.807, 2.05) is 0 Å². The van der Waals surface area contributed by atoms with E-state index < -0.39 is 67.2 Å². The van der Waals surface area contributed by atoms with Crippen molar-refractivity contribution in [1.82, 2.24) is 9.88 Å². The van der Waals surface area contributed by atoms with E-state index >= 15 is 0 Å². The van der Waals surface area contributed by atoms with E-state index in [0.29, 0.717) is 27.8 Å². The van der Waals surface area contributed by atoms with Crippen LogP contribution >= 0.6 is 0 Å². The number of amides is 1. The number of piperidine rings is 1. The summed E-state index contributed by atoms with van der Waals surface area (Å²) in [4.78, 5) is 62.9. The number of Topliss-reactive ketones (excluding diaryl/α,β-unsaturated/α-hetero) is 1. The summed E-state index contributed by atoms with van der Waals surface area (Å²) >= 11 is 0. The lowest BCUT2D eigenvalue weighted by Crippen LogP contribution is -2.40. The normalized spacial score (nSPS) is 15.8. The van der Waals surface area contributed by atoms with E-state index in [1.54, 1.807) is 54.6 Å². The molecule has 2 heterocycles. The van der Waals surface area contributed by atoms with Gasteiger partial charge in [-0.25, -0.2) is 9.59 Å². The minimum absolute atomic E-state index is 0.0229. The Hall–Kier alpha value is -7.50. The number of nitrogens with zero attached hydrogens (tertiary/aromatic N) is 1. The number of ketones is 1. The Labute approximate surface area is 367 Å². The number of hydrogen-bond acceptors (Lipinski definition) is 11. The first-order valence-electron chi connectivity index (χ1n) is 20.1. The van der Waals surface area contributed by atoms with Gasteiger partial charge in [0.25, 0.3) is 0 Å². The fourth-order valence-corrected chi connectivity index (χ4v) is 7.62. The highest BCUT2D eigenvalue weighted by Gasteiger charge is 2.56. The molecule has 7 rings (SSSR count). The van der Waals surface area contributed by atoms with Gasteiger partial charge in [-0.2, -0.15) is 22.0 Å². The van der Waals surface area contributed by atoms with Crippen LogP contribution in [0.5, 0.6) is 23.3 Å². The monoisotopic (exact) mass is 902 g/mol. The molecule has 13 nitrogen and oxygen atoms in total. The first kappa shape index (κ1) is 45.5. The molecular formula is C47H39F5N2O11. The van der Waals surface area contributed by atoms with Gasteiger partial charge < -0.3 is 34.5 Å².